The Morgan fingerprint density at radius 3 is 2.68 bits per heavy atom. The van der Waals surface area contributed by atoms with E-state index in [1.807, 2.05) is 6.92 Å². The number of carbonyl (C=O) groups excluding carboxylic acids is 1. The highest BCUT2D eigenvalue weighted by Crippen LogP contribution is 2.24. The van der Waals surface area contributed by atoms with Crippen molar-refractivity contribution in [2.24, 2.45) is 0 Å². The number of hydrogen-bond acceptors (Lipinski definition) is 2. The summed E-state index contributed by atoms with van der Waals surface area (Å²) in [5.74, 6) is 0.487. The van der Waals surface area contributed by atoms with Gasteiger partial charge in [-0.2, -0.15) is 0 Å². The van der Waals surface area contributed by atoms with Crippen LogP contribution in [0.4, 0.5) is 0 Å². The van der Waals surface area contributed by atoms with Crippen LogP contribution >= 0.6 is 23.2 Å². The van der Waals surface area contributed by atoms with Crippen molar-refractivity contribution in [2.75, 3.05) is 6.61 Å². The van der Waals surface area contributed by atoms with Gasteiger partial charge in [0, 0.05) is 16.1 Å². The van der Waals surface area contributed by atoms with Gasteiger partial charge in [0.1, 0.15) is 5.75 Å². The second kappa shape index (κ2) is 6.09. The predicted octanol–water partition coefficient (Wildman–Crippen LogP) is 4.62. The van der Waals surface area contributed by atoms with Crippen LogP contribution in [0.1, 0.15) is 22.8 Å². The summed E-state index contributed by atoms with van der Waals surface area (Å²) in [6, 6.07) is 11.8. The van der Waals surface area contributed by atoms with Crippen molar-refractivity contribution >= 4 is 29.0 Å². The van der Waals surface area contributed by atoms with E-state index in [0.717, 1.165) is 0 Å². The summed E-state index contributed by atoms with van der Waals surface area (Å²) in [6.45, 7) is 2.44. The molecule has 0 aliphatic heterocycles. The molecule has 2 rings (SSSR count). The van der Waals surface area contributed by atoms with E-state index in [0.29, 0.717) is 33.5 Å². The van der Waals surface area contributed by atoms with Gasteiger partial charge in [0.05, 0.1) is 11.6 Å². The molecule has 0 aliphatic rings. The fourth-order valence-corrected chi connectivity index (χ4v) is 2.10. The van der Waals surface area contributed by atoms with Gasteiger partial charge in [-0.1, -0.05) is 35.3 Å². The molecule has 98 valence electrons. The average Bonchev–Trinajstić information content (AvgIpc) is 2.41. The number of hydrogen-bond donors (Lipinski definition) is 0. The third kappa shape index (κ3) is 3.28. The number of rotatable bonds is 4. The highest BCUT2D eigenvalue weighted by atomic mass is 35.5. The maximum atomic E-state index is 12.4. The van der Waals surface area contributed by atoms with Gasteiger partial charge >= 0.3 is 0 Å². The van der Waals surface area contributed by atoms with Crippen molar-refractivity contribution in [3.8, 4) is 5.75 Å². The van der Waals surface area contributed by atoms with Crippen LogP contribution < -0.4 is 4.74 Å². The van der Waals surface area contributed by atoms with Crippen molar-refractivity contribution in [2.45, 2.75) is 6.92 Å². The Morgan fingerprint density at radius 1 is 1.16 bits per heavy atom. The van der Waals surface area contributed by atoms with E-state index >= 15 is 0 Å². The summed E-state index contributed by atoms with van der Waals surface area (Å²) in [5, 5.41) is 0.866. The molecular formula is C15H12Cl2O2. The summed E-state index contributed by atoms with van der Waals surface area (Å²) in [4.78, 5) is 12.4. The predicted molar refractivity (Wildman–Crippen MR) is 77.5 cm³/mol. The van der Waals surface area contributed by atoms with Crippen molar-refractivity contribution < 1.29 is 9.53 Å². The number of ketones is 1. The topological polar surface area (TPSA) is 26.3 Å². The monoisotopic (exact) mass is 294 g/mol. The smallest absolute Gasteiger partial charge is 0.194 e. The number of carbonyl (C=O) groups is 1. The second-order valence-corrected chi connectivity index (χ2v) is 4.76. The van der Waals surface area contributed by atoms with Gasteiger partial charge in [-0.25, -0.2) is 0 Å². The van der Waals surface area contributed by atoms with Crippen LogP contribution in [-0.4, -0.2) is 12.4 Å². The van der Waals surface area contributed by atoms with Crippen LogP contribution in [0, 0.1) is 0 Å². The zero-order valence-electron chi connectivity index (χ0n) is 10.3. The van der Waals surface area contributed by atoms with E-state index in [2.05, 4.69) is 0 Å². The van der Waals surface area contributed by atoms with Gasteiger partial charge in [0.2, 0.25) is 0 Å². The molecule has 0 atom stereocenters. The maximum Gasteiger partial charge on any atom is 0.194 e. The van der Waals surface area contributed by atoms with Gasteiger partial charge in [-0.15, -0.1) is 0 Å². The van der Waals surface area contributed by atoms with Gasteiger partial charge in [-0.3, -0.25) is 4.79 Å². The highest BCUT2D eigenvalue weighted by molar-refractivity contribution is 6.36. The molecule has 0 radical (unpaired) electrons. The first-order chi connectivity index (χ1) is 9.11. The summed E-state index contributed by atoms with van der Waals surface area (Å²) in [7, 11) is 0. The lowest BCUT2D eigenvalue weighted by Gasteiger charge is -2.07. The number of ether oxygens (including phenoxy) is 1. The Hall–Kier alpha value is -1.51. The first-order valence-corrected chi connectivity index (χ1v) is 6.60. The molecule has 19 heavy (non-hydrogen) atoms. The number of halogens is 2. The van der Waals surface area contributed by atoms with E-state index in [1.165, 1.54) is 0 Å². The molecule has 0 bridgehead atoms. The molecule has 0 spiro atoms. The molecule has 0 saturated carbocycles. The van der Waals surface area contributed by atoms with Crippen molar-refractivity contribution in [1.29, 1.82) is 0 Å². The van der Waals surface area contributed by atoms with E-state index in [9.17, 15) is 4.79 Å². The molecule has 0 unspecified atom stereocenters. The largest absolute Gasteiger partial charge is 0.494 e. The average molecular weight is 295 g/mol. The van der Waals surface area contributed by atoms with Crippen molar-refractivity contribution in [3.05, 3.63) is 63.6 Å². The lowest BCUT2D eigenvalue weighted by atomic mass is 10.0. The lowest BCUT2D eigenvalue weighted by Crippen LogP contribution is -2.03. The Morgan fingerprint density at radius 2 is 1.95 bits per heavy atom. The minimum atomic E-state index is -0.172. The normalized spacial score (nSPS) is 10.3. The Labute approximate surface area is 121 Å². The number of benzene rings is 2. The molecule has 0 aliphatic carbocycles. The third-order valence-corrected chi connectivity index (χ3v) is 3.14. The highest BCUT2D eigenvalue weighted by Gasteiger charge is 2.14. The van der Waals surface area contributed by atoms with Gasteiger partial charge in [-0.05, 0) is 37.3 Å². The van der Waals surface area contributed by atoms with E-state index < -0.39 is 0 Å². The minimum absolute atomic E-state index is 0.172. The molecule has 0 fully saturated rings. The van der Waals surface area contributed by atoms with Crippen LogP contribution in [0.3, 0.4) is 0 Å². The quantitative estimate of drug-likeness (QED) is 0.769. The van der Waals surface area contributed by atoms with Gasteiger partial charge < -0.3 is 4.74 Å². The Balaban J connectivity index is 2.38. The van der Waals surface area contributed by atoms with E-state index in [-0.39, 0.29) is 5.78 Å². The molecule has 0 heterocycles. The van der Waals surface area contributed by atoms with Crippen LogP contribution in [0.15, 0.2) is 42.5 Å². The fourth-order valence-electron chi connectivity index (χ4n) is 1.72. The van der Waals surface area contributed by atoms with E-state index in [1.54, 1.807) is 42.5 Å². The van der Waals surface area contributed by atoms with Crippen LogP contribution in [-0.2, 0) is 0 Å². The molecule has 2 aromatic carbocycles. The van der Waals surface area contributed by atoms with Gasteiger partial charge in [0.15, 0.2) is 5.78 Å². The maximum absolute atomic E-state index is 12.4. The first-order valence-electron chi connectivity index (χ1n) is 5.84. The standard InChI is InChI=1S/C15H12Cl2O2/c1-2-19-12-5-3-4-10(8-12)15(18)13-9-11(16)6-7-14(13)17/h3-9H,2H2,1H3. The first kappa shape index (κ1) is 13.9. The van der Waals surface area contributed by atoms with Crippen LogP contribution in [0.25, 0.3) is 0 Å². The molecule has 0 saturated heterocycles. The SMILES string of the molecule is CCOc1cccc(C(=O)c2cc(Cl)ccc2Cl)c1. The zero-order chi connectivity index (χ0) is 13.8. The molecular weight excluding hydrogens is 283 g/mol. The summed E-state index contributed by atoms with van der Waals surface area (Å²) >= 11 is 11.9. The van der Waals surface area contributed by atoms with Crippen LogP contribution in [0.5, 0.6) is 5.75 Å². The zero-order valence-corrected chi connectivity index (χ0v) is 11.8. The Bertz CT molecular complexity index is 609. The fraction of sp³-hybridized carbons (Fsp3) is 0.133. The lowest BCUT2D eigenvalue weighted by molar-refractivity contribution is 0.103. The Kier molecular flexibility index (Phi) is 4.46. The summed E-state index contributed by atoms with van der Waals surface area (Å²) in [6.07, 6.45) is 0. The molecule has 2 aromatic rings. The summed E-state index contributed by atoms with van der Waals surface area (Å²) < 4.78 is 5.38. The molecule has 0 amide bonds. The minimum Gasteiger partial charge on any atom is -0.494 e. The van der Waals surface area contributed by atoms with E-state index in [4.69, 9.17) is 27.9 Å². The molecule has 4 heteroatoms. The summed E-state index contributed by atoms with van der Waals surface area (Å²) in [5.41, 5.74) is 0.915. The molecule has 0 N–H and O–H groups in total. The second-order valence-electron chi connectivity index (χ2n) is 3.91. The van der Waals surface area contributed by atoms with Crippen molar-refractivity contribution in [3.63, 3.8) is 0 Å². The molecule has 2 nitrogen and oxygen atoms in total. The van der Waals surface area contributed by atoms with Crippen LogP contribution in [0.2, 0.25) is 10.0 Å². The van der Waals surface area contributed by atoms with Crippen molar-refractivity contribution in [1.82, 2.24) is 0 Å². The third-order valence-electron chi connectivity index (χ3n) is 2.58. The molecule has 0 aromatic heterocycles. The van der Waals surface area contributed by atoms with Gasteiger partial charge in [0.25, 0.3) is 0 Å².